The lowest BCUT2D eigenvalue weighted by atomic mass is 9.94. The average molecular weight is 248 g/mol. The molecule has 1 saturated carbocycles. The van der Waals surface area contributed by atoms with Gasteiger partial charge in [0, 0.05) is 35.5 Å². The fourth-order valence-corrected chi connectivity index (χ4v) is 3.26. The summed E-state index contributed by atoms with van der Waals surface area (Å²) in [6.45, 7) is 1.25. The Morgan fingerprint density at radius 1 is 1.28 bits per heavy atom. The molecule has 4 heteroatoms. The van der Waals surface area contributed by atoms with Crippen LogP contribution in [-0.4, -0.2) is 11.2 Å². The molecular formula is C14H20N2O2. The lowest BCUT2D eigenvalue weighted by molar-refractivity contribution is 0.106. The molecule has 4 nitrogen and oxygen atoms in total. The number of aromatic nitrogens is 1. The van der Waals surface area contributed by atoms with Crippen LogP contribution >= 0.6 is 0 Å². The number of nitrogen functional groups attached to an aromatic ring is 1. The van der Waals surface area contributed by atoms with Gasteiger partial charge >= 0.3 is 0 Å². The second kappa shape index (κ2) is 4.76. The Bertz CT molecular complexity index is 501. The van der Waals surface area contributed by atoms with Crippen molar-refractivity contribution in [3.8, 4) is 0 Å². The predicted molar refractivity (Wildman–Crippen MR) is 70.6 cm³/mol. The molecule has 0 aromatic carbocycles. The standard InChI is InChI=1S/C14H20N2O2/c15-12-8-14(17)16(10-4-2-1-3-5-10)13-6-7-18-9-11(12)13/h8,10H,1-7,9,15H2. The Morgan fingerprint density at radius 3 is 2.83 bits per heavy atom. The van der Waals surface area contributed by atoms with Gasteiger partial charge in [0.25, 0.3) is 5.56 Å². The molecule has 98 valence electrons. The molecule has 0 bridgehead atoms. The van der Waals surface area contributed by atoms with Crippen molar-refractivity contribution in [1.29, 1.82) is 0 Å². The molecular weight excluding hydrogens is 228 g/mol. The molecule has 3 rings (SSSR count). The molecule has 1 aromatic rings. The van der Waals surface area contributed by atoms with Crippen LogP contribution in [0.25, 0.3) is 0 Å². The first-order valence-electron chi connectivity index (χ1n) is 6.88. The smallest absolute Gasteiger partial charge is 0.253 e. The molecule has 0 spiro atoms. The zero-order valence-electron chi connectivity index (χ0n) is 10.7. The zero-order valence-corrected chi connectivity index (χ0v) is 10.7. The molecule has 2 heterocycles. The van der Waals surface area contributed by atoms with E-state index in [4.69, 9.17) is 10.5 Å². The molecule has 0 unspecified atom stereocenters. The second-order valence-corrected chi connectivity index (χ2v) is 5.33. The van der Waals surface area contributed by atoms with Crippen LogP contribution < -0.4 is 11.3 Å². The molecule has 2 N–H and O–H groups in total. The van der Waals surface area contributed by atoms with E-state index >= 15 is 0 Å². The first kappa shape index (κ1) is 11.8. The summed E-state index contributed by atoms with van der Waals surface area (Å²) in [5.41, 5.74) is 8.77. The first-order chi connectivity index (χ1) is 8.77. The van der Waals surface area contributed by atoms with Gasteiger partial charge in [0.2, 0.25) is 0 Å². The topological polar surface area (TPSA) is 57.2 Å². The Labute approximate surface area is 107 Å². The quantitative estimate of drug-likeness (QED) is 0.827. The van der Waals surface area contributed by atoms with Gasteiger partial charge in [-0.1, -0.05) is 19.3 Å². The molecule has 1 aromatic heterocycles. The van der Waals surface area contributed by atoms with Crippen LogP contribution in [0.5, 0.6) is 0 Å². The van der Waals surface area contributed by atoms with Crippen LogP contribution in [-0.2, 0) is 17.8 Å². The SMILES string of the molecule is Nc1cc(=O)n(C2CCCCC2)c2c1COCC2. The third-order valence-electron chi connectivity index (χ3n) is 4.17. The minimum absolute atomic E-state index is 0.0695. The van der Waals surface area contributed by atoms with Gasteiger partial charge < -0.3 is 15.0 Å². The van der Waals surface area contributed by atoms with Crippen molar-refractivity contribution in [2.24, 2.45) is 0 Å². The summed E-state index contributed by atoms with van der Waals surface area (Å²) in [5, 5.41) is 0. The maximum absolute atomic E-state index is 12.3. The number of nitrogens with two attached hydrogens (primary N) is 1. The molecule has 1 aliphatic heterocycles. The highest BCUT2D eigenvalue weighted by Crippen LogP contribution is 2.31. The van der Waals surface area contributed by atoms with Crippen molar-refractivity contribution in [2.45, 2.75) is 51.2 Å². The second-order valence-electron chi connectivity index (χ2n) is 5.33. The number of rotatable bonds is 1. The number of fused-ring (bicyclic) bond motifs is 1. The van der Waals surface area contributed by atoms with Crippen LogP contribution in [0.4, 0.5) is 5.69 Å². The molecule has 18 heavy (non-hydrogen) atoms. The normalized spacial score (nSPS) is 20.7. The van der Waals surface area contributed by atoms with Gasteiger partial charge in [0.15, 0.2) is 0 Å². The van der Waals surface area contributed by atoms with Gasteiger partial charge in [0.1, 0.15) is 0 Å². The van der Waals surface area contributed by atoms with E-state index in [0.717, 1.165) is 30.5 Å². The molecule has 0 amide bonds. The van der Waals surface area contributed by atoms with Gasteiger partial charge in [-0.2, -0.15) is 0 Å². The summed E-state index contributed by atoms with van der Waals surface area (Å²) in [6.07, 6.45) is 6.81. The summed E-state index contributed by atoms with van der Waals surface area (Å²) < 4.78 is 7.47. The molecule has 0 radical (unpaired) electrons. The Morgan fingerprint density at radius 2 is 2.06 bits per heavy atom. The number of hydrogen-bond acceptors (Lipinski definition) is 3. The summed E-state index contributed by atoms with van der Waals surface area (Å²) in [6, 6.07) is 1.95. The fraction of sp³-hybridized carbons (Fsp3) is 0.643. The maximum atomic E-state index is 12.3. The lowest BCUT2D eigenvalue weighted by Crippen LogP contribution is -2.33. The lowest BCUT2D eigenvalue weighted by Gasteiger charge is -2.30. The Hall–Kier alpha value is -1.29. The number of pyridine rings is 1. The Kier molecular flexibility index (Phi) is 3.12. The molecule has 0 atom stereocenters. The van der Waals surface area contributed by atoms with E-state index in [9.17, 15) is 4.79 Å². The molecule has 1 fully saturated rings. The van der Waals surface area contributed by atoms with E-state index < -0.39 is 0 Å². The third kappa shape index (κ3) is 1.94. The van der Waals surface area contributed by atoms with Crippen LogP contribution in [0.3, 0.4) is 0 Å². The first-order valence-corrected chi connectivity index (χ1v) is 6.88. The highest BCUT2D eigenvalue weighted by atomic mass is 16.5. The summed E-state index contributed by atoms with van der Waals surface area (Å²) in [7, 11) is 0. The number of ether oxygens (including phenoxy) is 1. The largest absolute Gasteiger partial charge is 0.398 e. The zero-order chi connectivity index (χ0) is 12.5. The number of nitrogens with zero attached hydrogens (tertiary/aromatic N) is 1. The molecule has 2 aliphatic rings. The predicted octanol–water partition coefficient (Wildman–Crippen LogP) is 2.01. The minimum Gasteiger partial charge on any atom is -0.398 e. The summed E-state index contributed by atoms with van der Waals surface area (Å²) in [5.74, 6) is 0. The van der Waals surface area contributed by atoms with Crippen molar-refractivity contribution in [1.82, 2.24) is 4.57 Å². The van der Waals surface area contributed by atoms with E-state index in [2.05, 4.69) is 0 Å². The minimum atomic E-state index is 0.0695. The van der Waals surface area contributed by atoms with Crippen molar-refractivity contribution in [2.75, 3.05) is 12.3 Å². The fourth-order valence-electron chi connectivity index (χ4n) is 3.26. The third-order valence-corrected chi connectivity index (χ3v) is 4.17. The number of hydrogen-bond donors (Lipinski definition) is 1. The van der Waals surface area contributed by atoms with E-state index in [-0.39, 0.29) is 5.56 Å². The van der Waals surface area contributed by atoms with E-state index in [1.807, 2.05) is 4.57 Å². The van der Waals surface area contributed by atoms with Crippen LogP contribution in [0.2, 0.25) is 0 Å². The highest BCUT2D eigenvalue weighted by Gasteiger charge is 2.24. The monoisotopic (exact) mass is 248 g/mol. The van der Waals surface area contributed by atoms with Crippen LogP contribution in [0.15, 0.2) is 10.9 Å². The van der Waals surface area contributed by atoms with Gasteiger partial charge in [-0.25, -0.2) is 0 Å². The maximum Gasteiger partial charge on any atom is 0.253 e. The van der Waals surface area contributed by atoms with E-state index in [0.29, 0.717) is 24.9 Å². The average Bonchev–Trinajstić information content (AvgIpc) is 2.40. The Balaban J connectivity index is 2.09. The van der Waals surface area contributed by atoms with E-state index in [1.165, 1.54) is 19.3 Å². The summed E-state index contributed by atoms with van der Waals surface area (Å²) in [4.78, 5) is 12.3. The summed E-state index contributed by atoms with van der Waals surface area (Å²) >= 11 is 0. The van der Waals surface area contributed by atoms with Crippen LogP contribution in [0.1, 0.15) is 49.4 Å². The van der Waals surface area contributed by atoms with Crippen molar-refractivity contribution >= 4 is 5.69 Å². The van der Waals surface area contributed by atoms with Crippen molar-refractivity contribution < 1.29 is 4.74 Å². The van der Waals surface area contributed by atoms with Crippen LogP contribution in [0, 0.1) is 0 Å². The van der Waals surface area contributed by atoms with Gasteiger partial charge in [0.05, 0.1) is 13.2 Å². The van der Waals surface area contributed by atoms with Gasteiger partial charge in [-0.3, -0.25) is 4.79 Å². The molecule has 0 saturated heterocycles. The highest BCUT2D eigenvalue weighted by molar-refractivity contribution is 5.49. The number of anilines is 1. The van der Waals surface area contributed by atoms with Crippen molar-refractivity contribution in [3.05, 3.63) is 27.7 Å². The van der Waals surface area contributed by atoms with Gasteiger partial charge in [-0.15, -0.1) is 0 Å². The molecule has 1 aliphatic carbocycles. The van der Waals surface area contributed by atoms with Gasteiger partial charge in [-0.05, 0) is 12.8 Å². The van der Waals surface area contributed by atoms with E-state index in [1.54, 1.807) is 6.07 Å². The van der Waals surface area contributed by atoms with Crippen molar-refractivity contribution in [3.63, 3.8) is 0 Å².